The Balaban J connectivity index is 1.19. The van der Waals surface area contributed by atoms with Gasteiger partial charge in [0.25, 0.3) is 5.91 Å². The summed E-state index contributed by atoms with van der Waals surface area (Å²) in [6.45, 7) is 0. The zero-order valence-electron chi connectivity index (χ0n) is 19.0. The monoisotopic (exact) mass is 522 g/mol. The Morgan fingerprint density at radius 3 is 2.43 bits per heavy atom. The van der Waals surface area contributed by atoms with Crippen LogP contribution in [-0.2, 0) is 5.75 Å². The number of nitriles is 1. The number of amides is 1. The number of carbonyl (C=O) groups is 1. The molecule has 3 aromatic rings. The summed E-state index contributed by atoms with van der Waals surface area (Å²) < 4.78 is 6.20. The van der Waals surface area contributed by atoms with Crippen LogP contribution in [0.1, 0.15) is 47.2 Å². The van der Waals surface area contributed by atoms with E-state index in [0.29, 0.717) is 15.6 Å². The molecule has 2 saturated heterocycles. The van der Waals surface area contributed by atoms with Crippen LogP contribution in [0.25, 0.3) is 0 Å². The number of thioether (sulfide) groups is 1. The maximum absolute atomic E-state index is 13.4. The second-order valence-corrected chi connectivity index (χ2v) is 10.9. The maximum atomic E-state index is 13.4. The van der Waals surface area contributed by atoms with Crippen LogP contribution in [0, 0.1) is 11.3 Å². The summed E-state index contributed by atoms with van der Waals surface area (Å²) in [5, 5.41) is 10.2. The number of hydrogen-bond donors (Lipinski definition) is 0. The first-order valence-corrected chi connectivity index (χ1v) is 13.4. The first-order chi connectivity index (χ1) is 17.0. The zero-order chi connectivity index (χ0) is 24.4. The number of benzene rings is 3. The van der Waals surface area contributed by atoms with Crippen molar-refractivity contribution in [2.45, 2.75) is 54.5 Å². The van der Waals surface area contributed by atoms with Crippen molar-refractivity contribution in [3.05, 3.63) is 93.5 Å². The summed E-state index contributed by atoms with van der Waals surface area (Å²) in [5.74, 6) is 1.61. The van der Waals surface area contributed by atoms with Gasteiger partial charge in [0, 0.05) is 41.1 Å². The van der Waals surface area contributed by atoms with Crippen molar-refractivity contribution in [3.63, 3.8) is 0 Å². The number of ether oxygens (including phenoxy) is 1. The van der Waals surface area contributed by atoms with Gasteiger partial charge in [-0.05, 0) is 66.9 Å². The molecule has 2 atom stereocenters. The standard InChI is InChI=1S/C28H24Cl2N2O2S/c29-26-11-10-25(15-27(26)30)35-17-18-4-6-20(7-5-18)28(33)32-21-8-9-22(32)14-24(13-21)34-23-3-1-2-19(12-23)16-31/h1-7,10-12,15,21-22,24H,8-9,13-14,17H2. The number of hydrogen-bond acceptors (Lipinski definition) is 4. The summed E-state index contributed by atoms with van der Waals surface area (Å²) in [6, 6.07) is 23.4. The zero-order valence-corrected chi connectivity index (χ0v) is 21.3. The van der Waals surface area contributed by atoms with Crippen molar-refractivity contribution < 1.29 is 9.53 Å². The third-order valence-electron chi connectivity index (χ3n) is 6.69. The molecule has 2 aliphatic heterocycles. The van der Waals surface area contributed by atoms with Crippen LogP contribution in [-0.4, -0.2) is 29.0 Å². The number of piperidine rings is 1. The minimum atomic E-state index is 0.0614. The molecule has 3 aromatic carbocycles. The SMILES string of the molecule is N#Cc1cccc(OC2CC3CCC(C2)N3C(=O)c2ccc(CSc3ccc(Cl)c(Cl)c3)cc2)c1. The van der Waals surface area contributed by atoms with E-state index >= 15 is 0 Å². The van der Waals surface area contributed by atoms with Crippen molar-refractivity contribution in [1.29, 1.82) is 5.26 Å². The maximum Gasteiger partial charge on any atom is 0.254 e. The van der Waals surface area contributed by atoms with Crippen molar-refractivity contribution in [2.75, 3.05) is 0 Å². The van der Waals surface area contributed by atoms with Gasteiger partial charge >= 0.3 is 0 Å². The predicted molar refractivity (Wildman–Crippen MR) is 140 cm³/mol. The van der Waals surface area contributed by atoms with Crippen molar-refractivity contribution in [3.8, 4) is 11.8 Å². The second kappa shape index (κ2) is 10.5. The third kappa shape index (κ3) is 5.46. The fourth-order valence-corrected chi connectivity index (χ4v) is 6.27. The molecule has 0 radical (unpaired) electrons. The van der Waals surface area contributed by atoms with Gasteiger partial charge in [0.2, 0.25) is 0 Å². The largest absolute Gasteiger partial charge is 0.490 e. The lowest BCUT2D eigenvalue weighted by molar-refractivity contribution is 0.0359. The molecular formula is C28H24Cl2N2O2S. The minimum absolute atomic E-state index is 0.0614. The Morgan fingerprint density at radius 1 is 1.00 bits per heavy atom. The molecule has 2 aliphatic rings. The molecule has 178 valence electrons. The van der Waals surface area contributed by atoms with E-state index in [1.165, 1.54) is 0 Å². The van der Waals surface area contributed by atoms with Gasteiger partial charge in [0.05, 0.1) is 21.7 Å². The van der Waals surface area contributed by atoms with E-state index < -0.39 is 0 Å². The number of nitrogens with zero attached hydrogens (tertiary/aromatic N) is 2. The molecule has 0 saturated carbocycles. The van der Waals surface area contributed by atoms with Gasteiger partial charge in [-0.1, -0.05) is 41.4 Å². The molecule has 2 heterocycles. The van der Waals surface area contributed by atoms with E-state index in [2.05, 4.69) is 11.0 Å². The van der Waals surface area contributed by atoms with Crippen LogP contribution in [0.4, 0.5) is 0 Å². The normalized spacial score (nSPS) is 20.9. The number of carbonyl (C=O) groups excluding carboxylic acids is 1. The van der Waals surface area contributed by atoms with Gasteiger partial charge in [0.1, 0.15) is 11.9 Å². The predicted octanol–water partition coefficient (Wildman–Crippen LogP) is 7.37. The molecule has 1 amide bonds. The Labute approximate surface area is 219 Å². The highest BCUT2D eigenvalue weighted by atomic mass is 35.5. The van der Waals surface area contributed by atoms with Gasteiger partial charge in [-0.25, -0.2) is 0 Å². The lowest BCUT2D eigenvalue weighted by Gasteiger charge is -2.39. The van der Waals surface area contributed by atoms with Crippen LogP contribution in [0.3, 0.4) is 0 Å². The number of rotatable bonds is 6. The minimum Gasteiger partial charge on any atom is -0.490 e. The van der Waals surface area contributed by atoms with Gasteiger partial charge in [-0.2, -0.15) is 5.26 Å². The van der Waals surface area contributed by atoms with Crippen LogP contribution >= 0.6 is 35.0 Å². The molecular weight excluding hydrogens is 499 g/mol. The summed E-state index contributed by atoms with van der Waals surface area (Å²) in [7, 11) is 0. The quantitative estimate of drug-likeness (QED) is 0.317. The van der Waals surface area contributed by atoms with Crippen LogP contribution in [0.15, 0.2) is 71.6 Å². The highest BCUT2D eigenvalue weighted by Gasteiger charge is 2.44. The number of halogens is 2. The Kier molecular flexibility index (Phi) is 7.24. The molecule has 2 unspecified atom stereocenters. The summed E-state index contributed by atoms with van der Waals surface area (Å²) in [5.41, 5.74) is 2.47. The summed E-state index contributed by atoms with van der Waals surface area (Å²) in [4.78, 5) is 16.5. The second-order valence-electron chi connectivity index (χ2n) is 9.01. The van der Waals surface area contributed by atoms with E-state index in [4.69, 9.17) is 33.2 Å². The van der Waals surface area contributed by atoms with E-state index in [1.807, 2.05) is 48.5 Å². The van der Waals surface area contributed by atoms with Crippen LogP contribution in [0.5, 0.6) is 5.75 Å². The van der Waals surface area contributed by atoms with Crippen molar-refractivity contribution >= 4 is 40.9 Å². The lowest BCUT2D eigenvalue weighted by Crippen LogP contribution is -2.49. The van der Waals surface area contributed by atoms with E-state index in [9.17, 15) is 4.79 Å². The molecule has 7 heteroatoms. The molecule has 0 spiro atoms. The lowest BCUT2D eigenvalue weighted by atomic mass is 9.98. The molecule has 0 aromatic heterocycles. The third-order valence-corrected chi connectivity index (χ3v) is 8.49. The van der Waals surface area contributed by atoms with Gasteiger partial charge in [-0.3, -0.25) is 4.79 Å². The van der Waals surface area contributed by atoms with Crippen LogP contribution in [0.2, 0.25) is 10.0 Å². The summed E-state index contributed by atoms with van der Waals surface area (Å²) in [6.07, 6.45) is 3.71. The average Bonchev–Trinajstić information content (AvgIpc) is 3.14. The van der Waals surface area contributed by atoms with E-state index in [-0.39, 0.29) is 24.1 Å². The molecule has 5 rings (SSSR count). The van der Waals surface area contributed by atoms with Gasteiger partial charge < -0.3 is 9.64 Å². The van der Waals surface area contributed by atoms with Crippen molar-refractivity contribution in [2.24, 2.45) is 0 Å². The Bertz CT molecular complexity index is 1260. The number of fused-ring (bicyclic) bond motifs is 2. The average molecular weight is 523 g/mol. The first kappa shape index (κ1) is 24.1. The summed E-state index contributed by atoms with van der Waals surface area (Å²) >= 11 is 13.8. The van der Waals surface area contributed by atoms with Crippen LogP contribution < -0.4 is 4.74 Å². The Hall–Kier alpha value is -2.65. The molecule has 0 N–H and O–H groups in total. The molecule has 4 nitrogen and oxygen atoms in total. The van der Waals surface area contributed by atoms with E-state index in [1.54, 1.807) is 30.0 Å². The molecule has 0 aliphatic carbocycles. The fraction of sp³-hybridized carbons (Fsp3) is 0.286. The van der Waals surface area contributed by atoms with Gasteiger partial charge in [-0.15, -0.1) is 11.8 Å². The Morgan fingerprint density at radius 2 is 1.74 bits per heavy atom. The molecule has 2 fully saturated rings. The first-order valence-electron chi connectivity index (χ1n) is 11.7. The molecule has 2 bridgehead atoms. The fourth-order valence-electron chi connectivity index (χ4n) is 5.01. The van der Waals surface area contributed by atoms with E-state index in [0.717, 1.165) is 53.2 Å². The van der Waals surface area contributed by atoms with Gasteiger partial charge in [0.15, 0.2) is 0 Å². The highest BCUT2D eigenvalue weighted by molar-refractivity contribution is 7.98. The smallest absolute Gasteiger partial charge is 0.254 e. The van der Waals surface area contributed by atoms with Crippen molar-refractivity contribution in [1.82, 2.24) is 4.90 Å². The topological polar surface area (TPSA) is 53.3 Å². The molecule has 35 heavy (non-hydrogen) atoms. The highest BCUT2D eigenvalue weighted by Crippen LogP contribution is 2.38.